The first-order chi connectivity index (χ1) is 9.16. The standard InChI is InChI=1S/C16H20ClNO/c1-12(11-14-9-5-6-10-15(14)17)18-16(19)13-7-3-2-4-8-13/h2-3,5-6,9-10,12-13H,4,7-8,11H2,1H3,(H,18,19)/t12-,13-/m1/s1. The quantitative estimate of drug-likeness (QED) is 0.835. The maximum Gasteiger partial charge on any atom is 0.223 e. The summed E-state index contributed by atoms with van der Waals surface area (Å²) in [6.07, 6.45) is 7.86. The van der Waals surface area contributed by atoms with E-state index in [0.717, 1.165) is 36.3 Å². The Morgan fingerprint density at radius 2 is 2.21 bits per heavy atom. The summed E-state index contributed by atoms with van der Waals surface area (Å²) in [5, 5.41) is 3.86. The van der Waals surface area contributed by atoms with Gasteiger partial charge in [-0.1, -0.05) is 42.0 Å². The first-order valence-corrected chi connectivity index (χ1v) is 7.23. The lowest BCUT2D eigenvalue weighted by molar-refractivity contribution is -0.125. The van der Waals surface area contributed by atoms with Crippen molar-refractivity contribution in [2.45, 2.75) is 38.6 Å². The highest BCUT2D eigenvalue weighted by Crippen LogP contribution is 2.19. The van der Waals surface area contributed by atoms with Crippen LogP contribution in [0.25, 0.3) is 0 Å². The minimum atomic E-state index is 0.110. The molecule has 3 heteroatoms. The Hall–Kier alpha value is -1.28. The third-order valence-electron chi connectivity index (χ3n) is 3.51. The fourth-order valence-electron chi connectivity index (χ4n) is 2.44. The van der Waals surface area contributed by atoms with Crippen molar-refractivity contribution in [2.24, 2.45) is 5.92 Å². The van der Waals surface area contributed by atoms with E-state index in [1.807, 2.05) is 31.2 Å². The maximum absolute atomic E-state index is 12.1. The molecule has 102 valence electrons. The Bertz CT molecular complexity index is 470. The number of benzene rings is 1. The van der Waals surface area contributed by atoms with Crippen LogP contribution in [-0.2, 0) is 11.2 Å². The van der Waals surface area contributed by atoms with Crippen molar-refractivity contribution in [3.8, 4) is 0 Å². The predicted octanol–water partition coefficient (Wildman–Crippen LogP) is 3.74. The van der Waals surface area contributed by atoms with E-state index in [9.17, 15) is 4.79 Å². The minimum absolute atomic E-state index is 0.110. The molecular weight excluding hydrogens is 258 g/mol. The zero-order chi connectivity index (χ0) is 13.7. The Morgan fingerprint density at radius 1 is 1.42 bits per heavy atom. The zero-order valence-electron chi connectivity index (χ0n) is 11.2. The summed E-state index contributed by atoms with van der Waals surface area (Å²) >= 11 is 6.13. The number of rotatable bonds is 4. The molecule has 0 unspecified atom stereocenters. The Morgan fingerprint density at radius 3 is 2.89 bits per heavy atom. The summed E-state index contributed by atoms with van der Waals surface area (Å²) in [5.74, 6) is 0.308. The fraction of sp³-hybridized carbons (Fsp3) is 0.438. The van der Waals surface area contributed by atoms with Crippen LogP contribution >= 0.6 is 11.6 Å². The number of halogens is 1. The molecule has 1 N–H and O–H groups in total. The number of hydrogen-bond donors (Lipinski definition) is 1. The van der Waals surface area contributed by atoms with Crippen LogP contribution in [0.3, 0.4) is 0 Å². The van der Waals surface area contributed by atoms with Crippen molar-refractivity contribution >= 4 is 17.5 Å². The summed E-state index contributed by atoms with van der Waals surface area (Å²) in [4.78, 5) is 12.1. The van der Waals surface area contributed by atoms with Crippen LogP contribution < -0.4 is 5.32 Å². The molecular formula is C16H20ClNO. The normalized spacial score (nSPS) is 20.0. The molecule has 0 radical (unpaired) electrons. The molecule has 2 nitrogen and oxygen atoms in total. The highest BCUT2D eigenvalue weighted by molar-refractivity contribution is 6.31. The molecule has 19 heavy (non-hydrogen) atoms. The van der Waals surface area contributed by atoms with Gasteiger partial charge in [-0.15, -0.1) is 0 Å². The first kappa shape index (κ1) is 14.1. The maximum atomic E-state index is 12.1. The van der Waals surface area contributed by atoms with Crippen molar-refractivity contribution in [1.29, 1.82) is 0 Å². The summed E-state index contributed by atoms with van der Waals surface area (Å²) in [6, 6.07) is 7.90. The van der Waals surface area contributed by atoms with E-state index in [1.54, 1.807) is 0 Å². The Kier molecular flexibility index (Phi) is 5.03. The van der Waals surface area contributed by atoms with Crippen LogP contribution in [0, 0.1) is 5.92 Å². The summed E-state index contributed by atoms with van der Waals surface area (Å²) < 4.78 is 0. The van der Waals surface area contributed by atoms with Gasteiger partial charge in [0.2, 0.25) is 5.91 Å². The SMILES string of the molecule is C[C@H](Cc1ccccc1Cl)NC(=O)[C@@H]1CC=CCC1. The number of allylic oxidation sites excluding steroid dienone is 2. The van der Waals surface area contributed by atoms with Crippen LogP contribution in [0.15, 0.2) is 36.4 Å². The molecule has 0 heterocycles. The van der Waals surface area contributed by atoms with E-state index in [1.165, 1.54) is 0 Å². The molecule has 0 bridgehead atoms. The topological polar surface area (TPSA) is 29.1 Å². The average molecular weight is 278 g/mol. The lowest BCUT2D eigenvalue weighted by Gasteiger charge is -2.21. The van der Waals surface area contributed by atoms with Gasteiger partial charge in [0.1, 0.15) is 0 Å². The number of hydrogen-bond acceptors (Lipinski definition) is 1. The zero-order valence-corrected chi connectivity index (χ0v) is 12.0. The summed E-state index contributed by atoms with van der Waals surface area (Å²) in [7, 11) is 0. The highest BCUT2D eigenvalue weighted by Gasteiger charge is 2.20. The fourth-order valence-corrected chi connectivity index (χ4v) is 2.65. The second-order valence-corrected chi connectivity index (χ2v) is 5.59. The molecule has 0 aliphatic heterocycles. The summed E-state index contributed by atoms with van der Waals surface area (Å²) in [5.41, 5.74) is 1.08. The van der Waals surface area contributed by atoms with E-state index in [-0.39, 0.29) is 17.9 Å². The van der Waals surface area contributed by atoms with Crippen molar-refractivity contribution in [2.75, 3.05) is 0 Å². The van der Waals surface area contributed by atoms with Gasteiger partial charge < -0.3 is 5.32 Å². The molecule has 1 aliphatic carbocycles. The van der Waals surface area contributed by atoms with E-state index in [4.69, 9.17) is 11.6 Å². The number of nitrogens with one attached hydrogen (secondary N) is 1. The lowest BCUT2D eigenvalue weighted by atomic mass is 9.93. The Labute approximate surface area is 119 Å². The smallest absolute Gasteiger partial charge is 0.223 e. The van der Waals surface area contributed by atoms with E-state index in [2.05, 4.69) is 17.5 Å². The third kappa shape index (κ3) is 4.10. The molecule has 1 aliphatic rings. The van der Waals surface area contributed by atoms with Gasteiger partial charge in [-0.25, -0.2) is 0 Å². The van der Waals surface area contributed by atoms with Gasteiger partial charge in [0.05, 0.1) is 0 Å². The molecule has 2 rings (SSSR count). The highest BCUT2D eigenvalue weighted by atomic mass is 35.5. The first-order valence-electron chi connectivity index (χ1n) is 6.85. The van der Waals surface area contributed by atoms with Gasteiger partial charge in [0.25, 0.3) is 0 Å². The monoisotopic (exact) mass is 277 g/mol. The van der Waals surface area contributed by atoms with Gasteiger partial charge >= 0.3 is 0 Å². The number of amides is 1. The van der Waals surface area contributed by atoms with Crippen LogP contribution in [0.4, 0.5) is 0 Å². The van der Waals surface area contributed by atoms with Crippen molar-refractivity contribution in [3.63, 3.8) is 0 Å². The van der Waals surface area contributed by atoms with Crippen molar-refractivity contribution in [3.05, 3.63) is 47.0 Å². The van der Waals surface area contributed by atoms with Crippen LogP contribution in [0.1, 0.15) is 31.7 Å². The van der Waals surface area contributed by atoms with Crippen molar-refractivity contribution in [1.82, 2.24) is 5.32 Å². The molecule has 1 aromatic carbocycles. The average Bonchev–Trinajstić information content (AvgIpc) is 2.42. The van der Waals surface area contributed by atoms with Crippen LogP contribution in [-0.4, -0.2) is 11.9 Å². The molecule has 0 saturated heterocycles. The largest absolute Gasteiger partial charge is 0.353 e. The molecule has 2 atom stereocenters. The van der Waals surface area contributed by atoms with E-state index >= 15 is 0 Å². The second kappa shape index (κ2) is 6.76. The molecule has 1 amide bonds. The second-order valence-electron chi connectivity index (χ2n) is 5.19. The number of carbonyl (C=O) groups is 1. The van der Waals surface area contributed by atoms with Gasteiger partial charge in [-0.2, -0.15) is 0 Å². The van der Waals surface area contributed by atoms with Crippen LogP contribution in [0.2, 0.25) is 5.02 Å². The summed E-state index contributed by atoms with van der Waals surface area (Å²) in [6.45, 7) is 2.03. The molecule has 1 aromatic rings. The molecule has 0 aromatic heterocycles. The van der Waals surface area contributed by atoms with Crippen molar-refractivity contribution < 1.29 is 4.79 Å². The minimum Gasteiger partial charge on any atom is -0.353 e. The van der Waals surface area contributed by atoms with Gasteiger partial charge in [-0.3, -0.25) is 4.79 Å². The van der Waals surface area contributed by atoms with Gasteiger partial charge in [0.15, 0.2) is 0 Å². The predicted molar refractivity (Wildman–Crippen MR) is 79.2 cm³/mol. The number of carbonyl (C=O) groups excluding carboxylic acids is 1. The van der Waals surface area contributed by atoms with Gasteiger partial charge in [0, 0.05) is 17.0 Å². The van der Waals surface area contributed by atoms with E-state index in [0.29, 0.717) is 0 Å². The Balaban J connectivity index is 1.87. The van der Waals surface area contributed by atoms with Crippen LogP contribution in [0.5, 0.6) is 0 Å². The van der Waals surface area contributed by atoms with E-state index < -0.39 is 0 Å². The molecule has 0 fully saturated rings. The lowest BCUT2D eigenvalue weighted by Crippen LogP contribution is -2.38. The molecule has 0 saturated carbocycles. The third-order valence-corrected chi connectivity index (χ3v) is 3.88. The molecule has 0 spiro atoms. The van der Waals surface area contributed by atoms with Gasteiger partial charge in [-0.05, 0) is 44.2 Å².